The molecule has 1 amide bonds. The molecule has 0 bridgehead atoms. The second kappa shape index (κ2) is 8.09. The maximum absolute atomic E-state index is 12.8. The van der Waals surface area contributed by atoms with Crippen LogP contribution < -0.4 is 5.43 Å². The zero-order valence-corrected chi connectivity index (χ0v) is 14.9. The molecule has 6 heteroatoms. The van der Waals surface area contributed by atoms with Gasteiger partial charge in [-0.15, -0.1) is 0 Å². The highest BCUT2D eigenvalue weighted by Crippen LogP contribution is 2.23. The Hall–Kier alpha value is -4.06. The molecule has 0 spiro atoms. The molecule has 0 unspecified atom stereocenters. The van der Waals surface area contributed by atoms with Crippen molar-refractivity contribution < 1.29 is 4.79 Å². The maximum atomic E-state index is 12.8. The molecule has 0 atom stereocenters. The Labute approximate surface area is 162 Å². The van der Waals surface area contributed by atoms with Crippen LogP contribution in [0.1, 0.15) is 15.9 Å². The first-order valence-electron chi connectivity index (χ1n) is 8.75. The number of pyridine rings is 1. The van der Waals surface area contributed by atoms with Gasteiger partial charge in [-0.3, -0.25) is 9.78 Å². The molecule has 2 aromatic heterocycles. The topological polar surface area (TPSA) is 72.2 Å². The summed E-state index contributed by atoms with van der Waals surface area (Å²) in [6, 6.07) is 22.9. The van der Waals surface area contributed by atoms with E-state index in [-0.39, 0.29) is 5.91 Å². The van der Waals surface area contributed by atoms with E-state index >= 15 is 0 Å². The summed E-state index contributed by atoms with van der Waals surface area (Å²) in [5.74, 6) is -0.327. The Kier molecular flexibility index (Phi) is 5.02. The molecule has 2 aromatic carbocycles. The van der Waals surface area contributed by atoms with Crippen LogP contribution in [0.15, 0.2) is 96.5 Å². The summed E-state index contributed by atoms with van der Waals surface area (Å²) in [5.41, 5.74) is 6.21. The number of hydrogen-bond acceptors (Lipinski definition) is 4. The molecule has 4 aromatic rings. The number of amides is 1. The fraction of sp³-hybridized carbons (Fsp3) is 0. The van der Waals surface area contributed by atoms with Crippen LogP contribution in [0.25, 0.3) is 16.9 Å². The molecule has 136 valence electrons. The van der Waals surface area contributed by atoms with Crippen LogP contribution in [0.3, 0.4) is 0 Å². The fourth-order valence-electron chi connectivity index (χ4n) is 2.74. The number of carbonyl (C=O) groups excluding carboxylic acids is 1. The van der Waals surface area contributed by atoms with E-state index < -0.39 is 0 Å². The predicted octanol–water partition coefficient (Wildman–Crippen LogP) is 3.70. The number of nitrogens with one attached hydrogen (secondary N) is 1. The third kappa shape index (κ3) is 3.86. The van der Waals surface area contributed by atoms with Crippen molar-refractivity contribution in [2.75, 3.05) is 0 Å². The summed E-state index contributed by atoms with van der Waals surface area (Å²) in [6.45, 7) is 0. The summed E-state index contributed by atoms with van der Waals surface area (Å²) in [7, 11) is 0. The van der Waals surface area contributed by atoms with Gasteiger partial charge in [0.2, 0.25) is 0 Å². The number of benzene rings is 2. The number of rotatable bonds is 5. The SMILES string of the molecule is O=C(N/N=C\c1ccncc1)c1cn(-c2ccccc2)nc1-c1ccccc1. The standard InChI is InChI=1S/C22H17N5O/c28-22(25-24-15-17-11-13-23-14-12-17)20-16-27(19-9-5-2-6-10-19)26-21(20)18-7-3-1-4-8-18/h1-16H,(H,25,28)/b24-15-. The highest BCUT2D eigenvalue weighted by atomic mass is 16.2. The lowest BCUT2D eigenvalue weighted by atomic mass is 10.1. The van der Waals surface area contributed by atoms with Crippen molar-refractivity contribution in [1.82, 2.24) is 20.2 Å². The second-order valence-electron chi connectivity index (χ2n) is 6.02. The van der Waals surface area contributed by atoms with Crippen LogP contribution >= 0.6 is 0 Å². The van der Waals surface area contributed by atoms with Gasteiger partial charge >= 0.3 is 0 Å². The first-order chi connectivity index (χ1) is 13.8. The van der Waals surface area contributed by atoms with E-state index in [1.165, 1.54) is 0 Å². The minimum atomic E-state index is -0.327. The van der Waals surface area contributed by atoms with Gasteiger partial charge in [0.15, 0.2) is 0 Å². The Morgan fingerprint density at radius 3 is 2.32 bits per heavy atom. The lowest BCUT2D eigenvalue weighted by Crippen LogP contribution is -2.17. The average molecular weight is 367 g/mol. The average Bonchev–Trinajstić information content (AvgIpc) is 3.21. The van der Waals surface area contributed by atoms with Crippen molar-refractivity contribution >= 4 is 12.1 Å². The maximum Gasteiger partial charge on any atom is 0.275 e. The molecule has 0 aliphatic rings. The van der Waals surface area contributed by atoms with Gasteiger partial charge in [-0.1, -0.05) is 48.5 Å². The first-order valence-corrected chi connectivity index (χ1v) is 8.75. The number of aromatic nitrogens is 3. The minimum absolute atomic E-state index is 0.327. The third-order valence-electron chi connectivity index (χ3n) is 4.11. The van der Waals surface area contributed by atoms with Gasteiger partial charge in [0.05, 0.1) is 17.5 Å². The number of para-hydroxylation sites is 1. The Morgan fingerprint density at radius 1 is 0.929 bits per heavy atom. The van der Waals surface area contributed by atoms with Crippen molar-refractivity contribution in [3.63, 3.8) is 0 Å². The predicted molar refractivity (Wildman–Crippen MR) is 108 cm³/mol. The quantitative estimate of drug-likeness (QED) is 0.432. The van der Waals surface area contributed by atoms with Crippen LogP contribution in [0.2, 0.25) is 0 Å². The zero-order chi connectivity index (χ0) is 19.2. The molecule has 4 rings (SSSR count). The summed E-state index contributed by atoms with van der Waals surface area (Å²) in [4.78, 5) is 16.7. The largest absolute Gasteiger partial charge is 0.275 e. The fourth-order valence-corrected chi connectivity index (χ4v) is 2.74. The molecule has 0 saturated heterocycles. The lowest BCUT2D eigenvalue weighted by molar-refractivity contribution is 0.0956. The number of nitrogens with zero attached hydrogens (tertiary/aromatic N) is 4. The van der Waals surface area contributed by atoms with Gasteiger partial charge in [0.25, 0.3) is 5.91 Å². The highest BCUT2D eigenvalue weighted by Gasteiger charge is 2.18. The molecular weight excluding hydrogens is 350 g/mol. The molecule has 2 heterocycles. The van der Waals surface area contributed by atoms with Crippen molar-refractivity contribution in [1.29, 1.82) is 0 Å². The van der Waals surface area contributed by atoms with Crippen molar-refractivity contribution in [2.45, 2.75) is 0 Å². The van der Waals surface area contributed by atoms with E-state index in [9.17, 15) is 4.79 Å². The monoisotopic (exact) mass is 367 g/mol. The molecule has 0 aliphatic carbocycles. The van der Waals surface area contributed by atoms with E-state index in [2.05, 4.69) is 20.6 Å². The van der Waals surface area contributed by atoms with Crippen LogP contribution in [0.5, 0.6) is 0 Å². The highest BCUT2D eigenvalue weighted by molar-refractivity contribution is 6.00. The molecule has 6 nitrogen and oxygen atoms in total. The molecule has 28 heavy (non-hydrogen) atoms. The Morgan fingerprint density at radius 2 is 1.61 bits per heavy atom. The summed E-state index contributed by atoms with van der Waals surface area (Å²) in [5, 5.41) is 8.68. The second-order valence-corrected chi connectivity index (χ2v) is 6.02. The number of hydrogen-bond donors (Lipinski definition) is 1. The number of carbonyl (C=O) groups is 1. The molecule has 0 saturated carbocycles. The van der Waals surface area contributed by atoms with Crippen LogP contribution in [0, 0.1) is 0 Å². The van der Waals surface area contributed by atoms with Gasteiger partial charge in [-0.25, -0.2) is 10.1 Å². The number of hydrazone groups is 1. The lowest BCUT2D eigenvalue weighted by Gasteiger charge is -2.01. The smallest absolute Gasteiger partial charge is 0.267 e. The van der Waals surface area contributed by atoms with E-state index in [0.29, 0.717) is 11.3 Å². The molecule has 0 radical (unpaired) electrons. The van der Waals surface area contributed by atoms with Crippen molar-refractivity contribution in [3.05, 3.63) is 103 Å². The third-order valence-corrected chi connectivity index (χ3v) is 4.11. The van der Waals surface area contributed by atoms with Crippen LogP contribution in [-0.4, -0.2) is 26.9 Å². The first kappa shape index (κ1) is 17.4. The van der Waals surface area contributed by atoms with Gasteiger partial charge in [-0.2, -0.15) is 10.2 Å². The van der Waals surface area contributed by atoms with Gasteiger partial charge in [0.1, 0.15) is 5.69 Å². The Bertz CT molecular complexity index is 1090. The van der Waals surface area contributed by atoms with Crippen molar-refractivity contribution in [2.24, 2.45) is 5.10 Å². The van der Waals surface area contributed by atoms with Crippen molar-refractivity contribution in [3.8, 4) is 16.9 Å². The summed E-state index contributed by atoms with van der Waals surface area (Å²) in [6.07, 6.45) is 6.62. The van der Waals surface area contributed by atoms with E-state index in [0.717, 1.165) is 16.8 Å². The van der Waals surface area contributed by atoms with E-state index in [4.69, 9.17) is 0 Å². The minimum Gasteiger partial charge on any atom is -0.267 e. The molecular formula is C22H17N5O. The molecule has 0 fully saturated rings. The van der Waals surface area contributed by atoms with Gasteiger partial charge in [0, 0.05) is 24.2 Å². The summed E-state index contributed by atoms with van der Waals surface area (Å²) >= 11 is 0. The zero-order valence-electron chi connectivity index (χ0n) is 14.9. The van der Waals surface area contributed by atoms with E-state index in [1.807, 2.05) is 60.7 Å². The van der Waals surface area contributed by atoms with Crippen LogP contribution in [0.4, 0.5) is 0 Å². The summed E-state index contributed by atoms with van der Waals surface area (Å²) < 4.78 is 1.70. The van der Waals surface area contributed by atoms with Gasteiger partial charge in [-0.05, 0) is 29.8 Å². The van der Waals surface area contributed by atoms with Crippen LogP contribution in [-0.2, 0) is 0 Å². The molecule has 0 aliphatic heterocycles. The normalized spacial score (nSPS) is 10.9. The van der Waals surface area contributed by atoms with Gasteiger partial charge < -0.3 is 0 Å². The van der Waals surface area contributed by atoms with E-state index in [1.54, 1.807) is 41.6 Å². The molecule has 1 N–H and O–H groups in total. The Balaban J connectivity index is 1.65.